The Morgan fingerprint density at radius 2 is 2.12 bits per heavy atom. The lowest BCUT2D eigenvalue weighted by molar-refractivity contribution is 0.293. The van der Waals surface area contributed by atoms with E-state index in [0.717, 1.165) is 18.9 Å². The predicted molar refractivity (Wildman–Crippen MR) is 68.4 cm³/mol. The van der Waals surface area contributed by atoms with E-state index in [9.17, 15) is 0 Å². The molecule has 0 radical (unpaired) electrons. The highest BCUT2D eigenvalue weighted by atomic mass is 14.9. The van der Waals surface area contributed by atoms with Crippen LogP contribution in [0.2, 0.25) is 0 Å². The predicted octanol–water partition coefficient (Wildman–Crippen LogP) is 2.85. The van der Waals surface area contributed by atoms with Gasteiger partial charge < -0.3 is 5.32 Å². The van der Waals surface area contributed by atoms with Gasteiger partial charge in [-0.15, -0.1) is 12.3 Å². The molecule has 1 heteroatoms. The second kappa shape index (κ2) is 5.18. The SMILES string of the molecule is C#CCCNC1CC(c2ccccc2C)C1. The zero-order valence-electron chi connectivity index (χ0n) is 9.87. The fourth-order valence-electron chi connectivity index (χ4n) is 2.43. The van der Waals surface area contributed by atoms with Crippen molar-refractivity contribution < 1.29 is 0 Å². The van der Waals surface area contributed by atoms with Crippen LogP contribution in [0.25, 0.3) is 0 Å². The molecule has 2 rings (SSSR count). The molecule has 0 aliphatic heterocycles. The standard InChI is InChI=1S/C15H19N/c1-3-4-9-16-14-10-13(11-14)15-8-6-5-7-12(15)2/h1,5-8,13-14,16H,4,9-11H2,2H3. The highest BCUT2D eigenvalue weighted by Crippen LogP contribution is 2.38. The van der Waals surface area contributed by atoms with E-state index < -0.39 is 0 Å². The molecule has 0 saturated heterocycles. The largest absolute Gasteiger partial charge is 0.313 e. The molecule has 1 aromatic carbocycles. The highest BCUT2D eigenvalue weighted by molar-refractivity contribution is 5.31. The zero-order chi connectivity index (χ0) is 11.4. The van der Waals surface area contributed by atoms with Gasteiger partial charge in [-0.05, 0) is 36.8 Å². The Morgan fingerprint density at radius 3 is 2.81 bits per heavy atom. The molecule has 0 unspecified atom stereocenters. The number of hydrogen-bond donors (Lipinski definition) is 1. The van der Waals surface area contributed by atoms with Gasteiger partial charge in [-0.2, -0.15) is 0 Å². The lowest BCUT2D eigenvalue weighted by Crippen LogP contribution is -2.40. The van der Waals surface area contributed by atoms with Gasteiger partial charge in [-0.1, -0.05) is 24.3 Å². The van der Waals surface area contributed by atoms with Crippen molar-refractivity contribution in [2.24, 2.45) is 0 Å². The summed E-state index contributed by atoms with van der Waals surface area (Å²) in [6.07, 6.45) is 8.58. The van der Waals surface area contributed by atoms with E-state index in [1.165, 1.54) is 24.0 Å². The summed E-state index contributed by atoms with van der Waals surface area (Å²) in [5.74, 6) is 3.41. The molecular formula is C15H19N. The fraction of sp³-hybridized carbons (Fsp3) is 0.467. The van der Waals surface area contributed by atoms with Crippen LogP contribution in [0.5, 0.6) is 0 Å². The molecule has 1 nitrogen and oxygen atoms in total. The first-order chi connectivity index (χ1) is 7.81. The van der Waals surface area contributed by atoms with Gasteiger partial charge in [-0.25, -0.2) is 0 Å². The molecule has 1 saturated carbocycles. The third-order valence-corrected chi connectivity index (χ3v) is 3.47. The summed E-state index contributed by atoms with van der Waals surface area (Å²) >= 11 is 0. The topological polar surface area (TPSA) is 12.0 Å². The van der Waals surface area contributed by atoms with Gasteiger partial charge in [0.2, 0.25) is 0 Å². The van der Waals surface area contributed by atoms with Crippen molar-refractivity contribution in [1.82, 2.24) is 5.32 Å². The summed E-state index contributed by atoms with van der Waals surface area (Å²) in [5, 5.41) is 3.50. The van der Waals surface area contributed by atoms with Crippen LogP contribution in [-0.4, -0.2) is 12.6 Å². The van der Waals surface area contributed by atoms with E-state index in [1.54, 1.807) is 0 Å². The lowest BCUT2D eigenvalue weighted by atomic mass is 9.74. The molecule has 0 aromatic heterocycles. The second-order valence-electron chi connectivity index (χ2n) is 4.63. The monoisotopic (exact) mass is 213 g/mol. The number of hydrogen-bond acceptors (Lipinski definition) is 1. The molecule has 0 bridgehead atoms. The van der Waals surface area contributed by atoms with Crippen LogP contribution in [0.4, 0.5) is 0 Å². The van der Waals surface area contributed by atoms with E-state index in [1.807, 2.05) is 0 Å². The molecular weight excluding hydrogens is 194 g/mol. The van der Waals surface area contributed by atoms with E-state index >= 15 is 0 Å². The Kier molecular flexibility index (Phi) is 3.64. The number of benzene rings is 1. The normalized spacial score (nSPS) is 23.5. The van der Waals surface area contributed by atoms with Crippen LogP contribution in [0, 0.1) is 19.3 Å². The van der Waals surface area contributed by atoms with E-state index in [-0.39, 0.29) is 0 Å². The number of aryl methyl sites for hydroxylation is 1. The van der Waals surface area contributed by atoms with Crippen LogP contribution in [-0.2, 0) is 0 Å². The highest BCUT2D eigenvalue weighted by Gasteiger charge is 2.30. The second-order valence-corrected chi connectivity index (χ2v) is 4.63. The van der Waals surface area contributed by atoms with Crippen molar-refractivity contribution in [3.63, 3.8) is 0 Å². The van der Waals surface area contributed by atoms with E-state index in [4.69, 9.17) is 6.42 Å². The first-order valence-electron chi connectivity index (χ1n) is 6.03. The molecule has 1 aliphatic rings. The van der Waals surface area contributed by atoms with Crippen molar-refractivity contribution in [3.05, 3.63) is 35.4 Å². The minimum absolute atomic E-state index is 0.679. The molecule has 1 N–H and O–H groups in total. The van der Waals surface area contributed by atoms with Crippen molar-refractivity contribution in [3.8, 4) is 12.3 Å². The van der Waals surface area contributed by atoms with Crippen LogP contribution in [0.3, 0.4) is 0 Å². The maximum absolute atomic E-state index is 5.22. The van der Waals surface area contributed by atoms with Gasteiger partial charge >= 0.3 is 0 Å². The van der Waals surface area contributed by atoms with Gasteiger partial charge in [0.1, 0.15) is 0 Å². The van der Waals surface area contributed by atoms with E-state index in [2.05, 4.69) is 42.4 Å². The van der Waals surface area contributed by atoms with Crippen molar-refractivity contribution in [1.29, 1.82) is 0 Å². The molecule has 0 amide bonds. The third-order valence-electron chi connectivity index (χ3n) is 3.47. The number of rotatable bonds is 4. The van der Waals surface area contributed by atoms with Crippen molar-refractivity contribution in [2.75, 3.05) is 6.54 Å². The Morgan fingerprint density at radius 1 is 1.38 bits per heavy atom. The maximum Gasteiger partial charge on any atom is 0.0211 e. The Balaban J connectivity index is 1.80. The summed E-state index contributed by atoms with van der Waals surface area (Å²) in [4.78, 5) is 0. The van der Waals surface area contributed by atoms with Crippen LogP contribution in [0.15, 0.2) is 24.3 Å². The smallest absolute Gasteiger partial charge is 0.0211 e. The molecule has 0 spiro atoms. The zero-order valence-corrected chi connectivity index (χ0v) is 9.87. The van der Waals surface area contributed by atoms with Crippen molar-refractivity contribution >= 4 is 0 Å². The van der Waals surface area contributed by atoms with Crippen LogP contribution in [0.1, 0.15) is 36.3 Å². The summed E-state index contributed by atoms with van der Waals surface area (Å²) < 4.78 is 0. The number of terminal acetylenes is 1. The summed E-state index contributed by atoms with van der Waals surface area (Å²) in [7, 11) is 0. The Hall–Kier alpha value is -1.26. The molecule has 16 heavy (non-hydrogen) atoms. The first-order valence-corrected chi connectivity index (χ1v) is 6.03. The van der Waals surface area contributed by atoms with Crippen molar-refractivity contribution in [2.45, 2.75) is 38.1 Å². The lowest BCUT2D eigenvalue weighted by Gasteiger charge is -2.37. The minimum Gasteiger partial charge on any atom is -0.313 e. The van der Waals surface area contributed by atoms with Crippen LogP contribution < -0.4 is 5.32 Å². The minimum atomic E-state index is 0.679. The quantitative estimate of drug-likeness (QED) is 0.599. The summed E-state index contributed by atoms with van der Waals surface area (Å²) in [6.45, 7) is 3.16. The molecule has 1 aliphatic carbocycles. The Bertz CT molecular complexity index is 383. The molecule has 84 valence electrons. The van der Waals surface area contributed by atoms with Gasteiger partial charge in [-0.3, -0.25) is 0 Å². The summed E-state index contributed by atoms with van der Waals surface area (Å²) in [5.41, 5.74) is 2.95. The summed E-state index contributed by atoms with van der Waals surface area (Å²) in [6, 6.07) is 9.39. The van der Waals surface area contributed by atoms with Gasteiger partial charge in [0.05, 0.1) is 0 Å². The molecule has 0 heterocycles. The third kappa shape index (κ3) is 2.46. The first kappa shape index (κ1) is 11.2. The average Bonchev–Trinajstić information content (AvgIpc) is 2.23. The average molecular weight is 213 g/mol. The van der Waals surface area contributed by atoms with Gasteiger partial charge in [0.25, 0.3) is 0 Å². The molecule has 0 atom stereocenters. The fourth-order valence-corrected chi connectivity index (χ4v) is 2.43. The van der Waals surface area contributed by atoms with Gasteiger partial charge in [0, 0.05) is 19.0 Å². The molecule has 1 fully saturated rings. The number of nitrogens with one attached hydrogen (secondary N) is 1. The Labute approximate surface area is 98.3 Å². The van der Waals surface area contributed by atoms with Crippen LogP contribution >= 0.6 is 0 Å². The van der Waals surface area contributed by atoms with Gasteiger partial charge in [0.15, 0.2) is 0 Å². The maximum atomic E-state index is 5.22. The van der Waals surface area contributed by atoms with E-state index in [0.29, 0.717) is 6.04 Å². The molecule has 1 aromatic rings.